The van der Waals surface area contributed by atoms with Crippen molar-refractivity contribution in [2.24, 2.45) is 4.99 Å². The number of furan rings is 1. The predicted octanol–water partition coefficient (Wildman–Crippen LogP) is 2.70. The molecular weight excluding hydrogens is 501 g/mol. The molecule has 0 aliphatic carbocycles. The van der Waals surface area contributed by atoms with Gasteiger partial charge >= 0.3 is 6.09 Å². The largest absolute Gasteiger partial charge is 0.461 e. The second-order valence-electron chi connectivity index (χ2n) is 7.30. The van der Waals surface area contributed by atoms with Crippen LogP contribution >= 0.6 is 24.0 Å². The minimum Gasteiger partial charge on any atom is -0.461 e. The number of aromatic nitrogens is 3. The number of H-pyrrole nitrogens is 1. The maximum absolute atomic E-state index is 11.6. The molecule has 2 heterocycles. The van der Waals surface area contributed by atoms with Crippen LogP contribution in [0.15, 0.2) is 27.8 Å². The monoisotopic (exact) mass is 533 g/mol. The zero-order chi connectivity index (χ0) is 21.1. The van der Waals surface area contributed by atoms with Gasteiger partial charge in [-0.1, -0.05) is 0 Å². The summed E-state index contributed by atoms with van der Waals surface area (Å²) in [5.41, 5.74) is -0.493. The first-order chi connectivity index (χ1) is 13.9. The average Bonchev–Trinajstić information content (AvgIpc) is 3.31. The smallest absolute Gasteiger partial charge is 0.407 e. The Kier molecular flexibility index (Phi) is 11.2. The lowest BCUT2D eigenvalue weighted by atomic mass is 10.2. The molecule has 0 radical (unpaired) electrons. The Hall–Kier alpha value is -2.31. The van der Waals surface area contributed by atoms with Crippen LogP contribution in [0.4, 0.5) is 4.79 Å². The lowest BCUT2D eigenvalue weighted by Gasteiger charge is -2.19. The number of alkyl carbamates (subject to hydrolysis) is 1. The molecule has 2 aromatic rings. The van der Waals surface area contributed by atoms with E-state index in [9.17, 15) is 4.79 Å². The Labute approximate surface area is 194 Å². The van der Waals surface area contributed by atoms with E-state index in [1.54, 1.807) is 12.3 Å². The van der Waals surface area contributed by atoms with Gasteiger partial charge in [0.15, 0.2) is 11.7 Å². The number of nitrogens with zero attached hydrogens (tertiary/aromatic N) is 3. The van der Waals surface area contributed by atoms with Gasteiger partial charge in [-0.3, -0.25) is 10.1 Å². The molecule has 0 aliphatic rings. The van der Waals surface area contributed by atoms with Crippen molar-refractivity contribution < 1.29 is 13.9 Å². The first-order valence-electron chi connectivity index (χ1n) is 9.81. The van der Waals surface area contributed by atoms with Gasteiger partial charge in [-0.05, 0) is 46.2 Å². The Balaban J connectivity index is 0.00000450. The summed E-state index contributed by atoms with van der Waals surface area (Å²) in [5.74, 6) is 2.66. The summed E-state index contributed by atoms with van der Waals surface area (Å²) in [4.78, 5) is 20.5. The highest BCUT2D eigenvalue weighted by molar-refractivity contribution is 14.0. The fraction of sp³-hybridized carbons (Fsp3) is 0.579. The SMILES string of the molecule is CCNC(=NCCCNC(=O)OC(C)(C)C)NCCc1nc(-c2ccco2)n[nH]1.I. The Morgan fingerprint density at radius 3 is 2.73 bits per heavy atom. The molecule has 0 bridgehead atoms. The molecule has 0 atom stereocenters. The van der Waals surface area contributed by atoms with Gasteiger partial charge in [0.25, 0.3) is 0 Å². The molecule has 2 rings (SSSR count). The molecule has 168 valence electrons. The quantitative estimate of drug-likeness (QED) is 0.169. The van der Waals surface area contributed by atoms with Crippen molar-refractivity contribution >= 4 is 36.0 Å². The van der Waals surface area contributed by atoms with Crippen LogP contribution in [0.3, 0.4) is 0 Å². The van der Waals surface area contributed by atoms with E-state index < -0.39 is 11.7 Å². The number of amides is 1. The van der Waals surface area contributed by atoms with E-state index >= 15 is 0 Å². The van der Waals surface area contributed by atoms with Gasteiger partial charge in [0, 0.05) is 32.6 Å². The maximum Gasteiger partial charge on any atom is 0.407 e. The van der Waals surface area contributed by atoms with Crippen LogP contribution in [-0.4, -0.2) is 59.0 Å². The van der Waals surface area contributed by atoms with Gasteiger partial charge in [-0.25, -0.2) is 9.78 Å². The lowest BCUT2D eigenvalue weighted by Crippen LogP contribution is -2.38. The topological polar surface area (TPSA) is 129 Å². The van der Waals surface area contributed by atoms with E-state index in [-0.39, 0.29) is 24.0 Å². The van der Waals surface area contributed by atoms with Crippen LogP contribution in [0, 0.1) is 0 Å². The number of hydrogen-bond acceptors (Lipinski definition) is 6. The lowest BCUT2D eigenvalue weighted by molar-refractivity contribution is 0.0527. The first kappa shape index (κ1) is 25.7. The van der Waals surface area contributed by atoms with Crippen LogP contribution in [0.1, 0.15) is 39.9 Å². The number of carbonyl (C=O) groups is 1. The van der Waals surface area contributed by atoms with Crippen molar-refractivity contribution in [2.45, 2.75) is 46.1 Å². The predicted molar refractivity (Wildman–Crippen MR) is 126 cm³/mol. The number of aliphatic imine (C=N–C) groups is 1. The highest BCUT2D eigenvalue weighted by Crippen LogP contribution is 2.14. The number of ether oxygens (including phenoxy) is 1. The highest BCUT2D eigenvalue weighted by atomic mass is 127. The fourth-order valence-corrected chi connectivity index (χ4v) is 2.34. The molecule has 11 heteroatoms. The molecule has 4 N–H and O–H groups in total. The van der Waals surface area contributed by atoms with Gasteiger partial charge in [0.1, 0.15) is 11.4 Å². The number of aromatic amines is 1. The number of guanidine groups is 1. The van der Waals surface area contributed by atoms with Crippen molar-refractivity contribution in [1.29, 1.82) is 0 Å². The normalized spacial score (nSPS) is 11.5. The summed E-state index contributed by atoms with van der Waals surface area (Å²) in [7, 11) is 0. The van der Waals surface area contributed by atoms with Crippen molar-refractivity contribution in [1.82, 2.24) is 31.1 Å². The number of rotatable bonds is 9. The summed E-state index contributed by atoms with van der Waals surface area (Å²) in [6, 6.07) is 3.62. The standard InChI is InChI=1S/C19H31N7O3.HI/c1-5-20-17(21-10-7-11-23-18(27)29-19(2,3)4)22-12-9-15-24-16(26-25-15)14-8-6-13-28-14;/h6,8,13H,5,7,9-12H2,1-4H3,(H,23,27)(H2,20,21,22)(H,24,25,26);1H. The third-order valence-corrected chi connectivity index (χ3v) is 3.54. The second-order valence-corrected chi connectivity index (χ2v) is 7.30. The third kappa shape index (κ3) is 9.94. The Morgan fingerprint density at radius 1 is 1.27 bits per heavy atom. The van der Waals surface area contributed by atoms with Gasteiger partial charge in [-0.2, -0.15) is 5.10 Å². The maximum atomic E-state index is 11.6. The van der Waals surface area contributed by atoms with Crippen molar-refractivity contribution in [3.8, 4) is 11.6 Å². The van der Waals surface area contributed by atoms with Gasteiger partial charge in [0.05, 0.1) is 6.26 Å². The highest BCUT2D eigenvalue weighted by Gasteiger charge is 2.15. The molecule has 0 saturated carbocycles. The molecule has 30 heavy (non-hydrogen) atoms. The van der Waals surface area contributed by atoms with Crippen molar-refractivity contribution in [3.05, 3.63) is 24.2 Å². The third-order valence-electron chi connectivity index (χ3n) is 3.54. The van der Waals surface area contributed by atoms with Crippen LogP contribution in [0.25, 0.3) is 11.6 Å². The fourth-order valence-electron chi connectivity index (χ4n) is 2.34. The Morgan fingerprint density at radius 2 is 2.07 bits per heavy atom. The van der Waals surface area contributed by atoms with Gasteiger partial charge in [0.2, 0.25) is 5.82 Å². The summed E-state index contributed by atoms with van der Waals surface area (Å²) >= 11 is 0. The van der Waals surface area contributed by atoms with Crippen molar-refractivity contribution in [2.75, 3.05) is 26.2 Å². The van der Waals surface area contributed by atoms with Crippen molar-refractivity contribution in [3.63, 3.8) is 0 Å². The molecule has 2 aromatic heterocycles. The number of hydrogen-bond donors (Lipinski definition) is 4. The minimum atomic E-state index is -0.493. The van der Waals surface area contributed by atoms with Crippen LogP contribution in [-0.2, 0) is 11.2 Å². The molecule has 0 spiro atoms. The summed E-state index contributed by atoms with van der Waals surface area (Å²) < 4.78 is 10.5. The van der Waals surface area contributed by atoms with Crippen LogP contribution in [0.5, 0.6) is 0 Å². The second kappa shape index (κ2) is 13.1. The van der Waals surface area contributed by atoms with Gasteiger partial charge in [-0.15, -0.1) is 24.0 Å². The molecule has 0 aromatic carbocycles. The molecule has 1 amide bonds. The minimum absolute atomic E-state index is 0. The number of carbonyl (C=O) groups excluding carboxylic acids is 1. The number of halogens is 1. The summed E-state index contributed by atoms with van der Waals surface area (Å²) in [6.07, 6.45) is 2.56. The van der Waals surface area contributed by atoms with E-state index in [1.165, 1.54) is 0 Å². The molecule has 0 fully saturated rings. The van der Waals surface area contributed by atoms with E-state index in [4.69, 9.17) is 9.15 Å². The molecule has 0 aliphatic heterocycles. The molecular formula is C19H32IN7O3. The zero-order valence-electron chi connectivity index (χ0n) is 17.9. The summed E-state index contributed by atoms with van der Waals surface area (Å²) in [5, 5.41) is 16.2. The molecule has 0 unspecified atom stereocenters. The van der Waals surface area contributed by atoms with Crippen LogP contribution < -0.4 is 16.0 Å². The van der Waals surface area contributed by atoms with Crippen LogP contribution in [0.2, 0.25) is 0 Å². The van der Waals surface area contributed by atoms with Gasteiger partial charge < -0.3 is 25.1 Å². The molecule has 10 nitrogen and oxygen atoms in total. The van der Waals surface area contributed by atoms with E-state index in [2.05, 4.69) is 36.1 Å². The van der Waals surface area contributed by atoms with E-state index in [0.29, 0.717) is 44.1 Å². The summed E-state index contributed by atoms with van der Waals surface area (Å²) in [6.45, 7) is 10.0. The molecule has 0 saturated heterocycles. The zero-order valence-corrected chi connectivity index (χ0v) is 20.3. The average molecular weight is 533 g/mol. The van der Waals surface area contributed by atoms with E-state index in [1.807, 2.05) is 33.8 Å². The first-order valence-corrected chi connectivity index (χ1v) is 9.81. The van der Waals surface area contributed by atoms with E-state index in [0.717, 1.165) is 18.3 Å². The Bertz CT molecular complexity index is 769. The number of nitrogens with one attached hydrogen (secondary N) is 4.